The fourth-order valence-electron chi connectivity index (χ4n) is 3.02. The lowest BCUT2D eigenvalue weighted by molar-refractivity contribution is -0.125. The maximum absolute atomic E-state index is 12.8. The van der Waals surface area contributed by atoms with Gasteiger partial charge in [0.1, 0.15) is 6.04 Å². The fourth-order valence-corrected chi connectivity index (χ4v) is 3.02. The van der Waals surface area contributed by atoms with Crippen LogP contribution in [0.4, 0.5) is 0 Å². The normalized spacial score (nSPS) is 12.3. The standard InChI is InChI=1S/C21H23N3O/c1-15-8-10-16(11-9-15)20(24(2)3)21(25)23-14-17-12-13-22-19-7-5-4-6-18(17)19/h4-13,20H,14H2,1-3H3,(H,23,25)/t20-/m1/s1. The molecule has 2 aromatic carbocycles. The van der Waals surface area contributed by atoms with Gasteiger partial charge < -0.3 is 5.32 Å². The van der Waals surface area contributed by atoms with Gasteiger partial charge in [-0.1, -0.05) is 48.0 Å². The van der Waals surface area contributed by atoms with E-state index in [1.165, 1.54) is 5.56 Å². The number of rotatable bonds is 5. The van der Waals surface area contributed by atoms with Gasteiger partial charge in [0.2, 0.25) is 5.91 Å². The van der Waals surface area contributed by atoms with Gasteiger partial charge in [-0.05, 0) is 44.3 Å². The maximum atomic E-state index is 12.8. The number of benzene rings is 2. The van der Waals surface area contributed by atoms with Crippen LogP contribution in [-0.4, -0.2) is 29.9 Å². The van der Waals surface area contributed by atoms with Gasteiger partial charge in [0, 0.05) is 18.1 Å². The second kappa shape index (κ2) is 7.45. The molecular formula is C21H23N3O. The van der Waals surface area contributed by atoms with Gasteiger partial charge in [0.15, 0.2) is 0 Å². The summed E-state index contributed by atoms with van der Waals surface area (Å²) in [5, 5.41) is 4.15. The predicted octanol–water partition coefficient (Wildman–Crippen LogP) is 3.46. The molecule has 0 bridgehead atoms. The van der Waals surface area contributed by atoms with E-state index in [0.29, 0.717) is 6.54 Å². The lowest BCUT2D eigenvalue weighted by Gasteiger charge is -2.24. The molecule has 4 heteroatoms. The van der Waals surface area contributed by atoms with E-state index in [0.717, 1.165) is 22.0 Å². The molecule has 4 nitrogen and oxygen atoms in total. The van der Waals surface area contributed by atoms with E-state index in [1.54, 1.807) is 6.20 Å². The Hall–Kier alpha value is -2.72. The van der Waals surface area contributed by atoms with E-state index in [4.69, 9.17) is 0 Å². The second-order valence-electron chi connectivity index (χ2n) is 6.48. The van der Waals surface area contributed by atoms with Crippen molar-refractivity contribution >= 4 is 16.8 Å². The summed E-state index contributed by atoms with van der Waals surface area (Å²) in [6, 6.07) is 17.7. The minimum absolute atomic E-state index is 0.00486. The first kappa shape index (κ1) is 17.1. The number of pyridine rings is 1. The number of hydrogen-bond donors (Lipinski definition) is 1. The Labute approximate surface area is 148 Å². The molecule has 1 N–H and O–H groups in total. The number of carbonyl (C=O) groups is 1. The third kappa shape index (κ3) is 3.86. The summed E-state index contributed by atoms with van der Waals surface area (Å²) in [4.78, 5) is 19.1. The summed E-state index contributed by atoms with van der Waals surface area (Å²) in [5.41, 5.74) is 4.19. The Balaban J connectivity index is 1.78. The van der Waals surface area contributed by atoms with Crippen LogP contribution in [0.3, 0.4) is 0 Å². The molecule has 0 radical (unpaired) electrons. The first-order valence-electron chi connectivity index (χ1n) is 8.39. The molecule has 1 heterocycles. The Morgan fingerprint density at radius 3 is 2.52 bits per heavy atom. The number of aromatic nitrogens is 1. The highest BCUT2D eigenvalue weighted by Gasteiger charge is 2.22. The molecule has 0 aliphatic carbocycles. The largest absolute Gasteiger partial charge is 0.350 e. The van der Waals surface area contributed by atoms with Crippen LogP contribution in [-0.2, 0) is 11.3 Å². The summed E-state index contributed by atoms with van der Waals surface area (Å²) in [6.45, 7) is 2.53. The van der Waals surface area contributed by atoms with Crippen LogP contribution in [0.5, 0.6) is 0 Å². The summed E-state index contributed by atoms with van der Waals surface area (Å²) >= 11 is 0. The third-order valence-electron chi connectivity index (χ3n) is 4.35. The SMILES string of the molecule is Cc1ccc([C@H](C(=O)NCc2ccnc3ccccc23)N(C)C)cc1. The van der Waals surface area contributed by atoms with Gasteiger partial charge >= 0.3 is 0 Å². The highest BCUT2D eigenvalue weighted by Crippen LogP contribution is 2.20. The third-order valence-corrected chi connectivity index (χ3v) is 4.35. The number of likely N-dealkylation sites (N-methyl/N-ethyl adjacent to an activating group) is 1. The number of fused-ring (bicyclic) bond motifs is 1. The van der Waals surface area contributed by atoms with E-state index in [-0.39, 0.29) is 11.9 Å². The molecule has 0 saturated heterocycles. The first-order chi connectivity index (χ1) is 12.1. The van der Waals surface area contributed by atoms with Crippen LogP contribution in [0.25, 0.3) is 10.9 Å². The lowest BCUT2D eigenvalue weighted by atomic mass is 10.0. The average Bonchev–Trinajstić information content (AvgIpc) is 2.61. The zero-order valence-corrected chi connectivity index (χ0v) is 14.9. The molecule has 0 fully saturated rings. The van der Waals surface area contributed by atoms with Gasteiger partial charge in [-0.2, -0.15) is 0 Å². The zero-order valence-electron chi connectivity index (χ0n) is 14.9. The fraction of sp³-hybridized carbons (Fsp3) is 0.238. The van der Waals surface area contributed by atoms with Crippen molar-refractivity contribution < 1.29 is 4.79 Å². The van der Waals surface area contributed by atoms with Crippen molar-refractivity contribution in [3.05, 3.63) is 77.5 Å². The predicted molar refractivity (Wildman–Crippen MR) is 101 cm³/mol. The van der Waals surface area contributed by atoms with Crippen LogP contribution >= 0.6 is 0 Å². The van der Waals surface area contributed by atoms with Gasteiger partial charge in [-0.25, -0.2) is 0 Å². The smallest absolute Gasteiger partial charge is 0.242 e. The molecule has 1 amide bonds. The number of para-hydroxylation sites is 1. The topological polar surface area (TPSA) is 45.2 Å². The highest BCUT2D eigenvalue weighted by atomic mass is 16.2. The molecule has 128 valence electrons. The summed E-state index contributed by atoms with van der Waals surface area (Å²) in [5.74, 6) is -0.00486. The van der Waals surface area contributed by atoms with Crippen molar-refractivity contribution in [3.8, 4) is 0 Å². The Kier molecular flexibility index (Phi) is 5.10. The number of nitrogens with zero attached hydrogens (tertiary/aromatic N) is 2. The Morgan fingerprint density at radius 2 is 1.80 bits per heavy atom. The highest BCUT2D eigenvalue weighted by molar-refractivity contribution is 5.85. The van der Waals surface area contributed by atoms with Crippen molar-refractivity contribution in [3.63, 3.8) is 0 Å². The quantitative estimate of drug-likeness (QED) is 0.778. The maximum Gasteiger partial charge on any atom is 0.242 e. The van der Waals surface area contributed by atoms with Gasteiger partial charge in [-0.3, -0.25) is 14.7 Å². The summed E-state index contributed by atoms with van der Waals surface area (Å²) < 4.78 is 0. The minimum Gasteiger partial charge on any atom is -0.350 e. The lowest BCUT2D eigenvalue weighted by Crippen LogP contribution is -2.36. The van der Waals surface area contributed by atoms with Crippen LogP contribution in [0.2, 0.25) is 0 Å². The van der Waals surface area contributed by atoms with Crippen LogP contribution < -0.4 is 5.32 Å². The van der Waals surface area contributed by atoms with Crippen molar-refractivity contribution in [2.45, 2.75) is 19.5 Å². The Bertz CT molecular complexity index is 866. The molecule has 3 aromatic rings. The van der Waals surface area contributed by atoms with E-state index in [1.807, 2.05) is 80.5 Å². The number of hydrogen-bond acceptors (Lipinski definition) is 3. The van der Waals surface area contributed by atoms with Crippen molar-refractivity contribution in [2.24, 2.45) is 0 Å². The molecule has 0 spiro atoms. The van der Waals surface area contributed by atoms with E-state index in [2.05, 4.69) is 10.3 Å². The molecule has 1 atom stereocenters. The molecule has 3 rings (SSSR count). The second-order valence-corrected chi connectivity index (χ2v) is 6.48. The van der Waals surface area contributed by atoms with Gasteiger partial charge in [0.25, 0.3) is 0 Å². The molecule has 0 aliphatic rings. The number of aryl methyl sites for hydroxylation is 1. The van der Waals surface area contributed by atoms with Crippen LogP contribution in [0, 0.1) is 6.92 Å². The Morgan fingerprint density at radius 1 is 1.08 bits per heavy atom. The number of nitrogens with one attached hydrogen (secondary N) is 1. The van der Waals surface area contributed by atoms with Crippen molar-refractivity contribution in [2.75, 3.05) is 14.1 Å². The molecular weight excluding hydrogens is 310 g/mol. The molecule has 0 aliphatic heterocycles. The minimum atomic E-state index is -0.311. The van der Waals surface area contributed by atoms with Crippen molar-refractivity contribution in [1.29, 1.82) is 0 Å². The number of amides is 1. The molecule has 0 saturated carbocycles. The first-order valence-corrected chi connectivity index (χ1v) is 8.39. The van der Waals surface area contributed by atoms with Crippen LogP contribution in [0.1, 0.15) is 22.7 Å². The molecule has 25 heavy (non-hydrogen) atoms. The van der Waals surface area contributed by atoms with E-state index in [9.17, 15) is 4.79 Å². The zero-order chi connectivity index (χ0) is 17.8. The van der Waals surface area contributed by atoms with E-state index >= 15 is 0 Å². The molecule has 0 unspecified atom stereocenters. The average molecular weight is 333 g/mol. The van der Waals surface area contributed by atoms with Gasteiger partial charge in [-0.15, -0.1) is 0 Å². The van der Waals surface area contributed by atoms with Gasteiger partial charge in [0.05, 0.1) is 5.52 Å². The van der Waals surface area contributed by atoms with E-state index < -0.39 is 0 Å². The number of carbonyl (C=O) groups excluding carboxylic acids is 1. The van der Waals surface area contributed by atoms with Crippen molar-refractivity contribution in [1.82, 2.24) is 15.2 Å². The summed E-state index contributed by atoms with van der Waals surface area (Å²) in [7, 11) is 3.85. The molecule has 1 aromatic heterocycles. The monoisotopic (exact) mass is 333 g/mol. The summed E-state index contributed by atoms with van der Waals surface area (Å²) in [6.07, 6.45) is 1.78. The van der Waals surface area contributed by atoms with Crippen LogP contribution in [0.15, 0.2) is 60.8 Å².